The molecule has 70 valence electrons. The Hall–Kier alpha value is -0.520. The van der Waals surface area contributed by atoms with Crippen LogP contribution in [0.1, 0.15) is 52.4 Å². The monoisotopic (exact) mass is 166 g/mol. The third kappa shape index (κ3) is 9.48. The maximum absolute atomic E-state index is 2.30. The molecule has 0 saturated heterocycles. The first-order valence-corrected chi connectivity index (χ1v) is 5.21. The molecular formula is C12H22. The number of hydrogen-bond donors (Lipinski definition) is 0. The van der Waals surface area contributed by atoms with E-state index in [0.717, 1.165) is 0 Å². The van der Waals surface area contributed by atoms with E-state index in [1.54, 1.807) is 0 Å². The van der Waals surface area contributed by atoms with Gasteiger partial charge in [0.1, 0.15) is 0 Å². The second-order valence-electron chi connectivity index (χ2n) is 3.04. The van der Waals surface area contributed by atoms with E-state index in [-0.39, 0.29) is 0 Å². The molecule has 0 aromatic heterocycles. The molecule has 0 heterocycles. The van der Waals surface area contributed by atoms with Gasteiger partial charge in [0.05, 0.1) is 0 Å². The van der Waals surface area contributed by atoms with Crippen molar-refractivity contribution in [2.24, 2.45) is 0 Å². The Morgan fingerprint density at radius 1 is 0.667 bits per heavy atom. The topological polar surface area (TPSA) is 0 Å². The summed E-state index contributed by atoms with van der Waals surface area (Å²) in [4.78, 5) is 0. The third-order valence-corrected chi connectivity index (χ3v) is 1.80. The van der Waals surface area contributed by atoms with Crippen LogP contribution in [0.3, 0.4) is 0 Å². The van der Waals surface area contributed by atoms with Crippen LogP contribution in [0.25, 0.3) is 0 Å². The first-order valence-electron chi connectivity index (χ1n) is 5.21. The van der Waals surface area contributed by atoms with Crippen molar-refractivity contribution in [1.82, 2.24) is 0 Å². The van der Waals surface area contributed by atoms with Crippen molar-refractivity contribution in [3.8, 4) is 0 Å². The minimum atomic E-state index is 1.18. The van der Waals surface area contributed by atoms with Crippen LogP contribution in [0.15, 0.2) is 24.3 Å². The average molecular weight is 166 g/mol. The van der Waals surface area contributed by atoms with E-state index in [1.807, 2.05) is 0 Å². The molecule has 0 heteroatoms. The number of allylic oxidation sites excluding steroid dienone is 4. The number of rotatable bonds is 7. The zero-order chi connectivity index (χ0) is 9.07. The number of hydrogen-bond acceptors (Lipinski definition) is 0. The fourth-order valence-electron chi connectivity index (χ4n) is 1.09. The Morgan fingerprint density at radius 3 is 1.42 bits per heavy atom. The van der Waals surface area contributed by atoms with Gasteiger partial charge in [0.15, 0.2) is 0 Å². The van der Waals surface area contributed by atoms with Gasteiger partial charge in [-0.3, -0.25) is 0 Å². The highest BCUT2D eigenvalue weighted by molar-refractivity contribution is 4.82. The standard InChI is InChI=1S/C12H22/c1-3-5-7-9-11-12-10-8-6-4-2/h5-8H,3-4,9-12H2,1-2H3/b7-5-,8-6-. The van der Waals surface area contributed by atoms with Gasteiger partial charge >= 0.3 is 0 Å². The molecule has 0 fully saturated rings. The second-order valence-corrected chi connectivity index (χ2v) is 3.04. The lowest BCUT2D eigenvalue weighted by molar-refractivity contribution is 0.759. The third-order valence-electron chi connectivity index (χ3n) is 1.80. The zero-order valence-electron chi connectivity index (χ0n) is 8.55. The maximum Gasteiger partial charge on any atom is -0.0351 e. The smallest absolute Gasteiger partial charge is 0.0351 e. The molecule has 0 atom stereocenters. The molecule has 0 N–H and O–H groups in total. The van der Waals surface area contributed by atoms with Crippen LogP contribution in [-0.2, 0) is 0 Å². The van der Waals surface area contributed by atoms with Crippen molar-refractivity contribution in [2.45, 2.75) is 52.4 Å². The lowest BCUT2D eigenvalue weighted by atomic mass is 10.1. The SMILES string of the molecule is CC/C=C\CCCC/C=C\CC. The fourth-order valence-corrected chi connectivity index (χ4v) is 1.09. The molecule has 0 bridgehead atoms. The lowest BCUT2D eigenvalue weighted by Gasteiger charge is -1.92. The van der Waals surface area contributed by atoms with E-state index >= 15 is 0 Å². The summed E-state index contributed by atoms with van der Waals surface area (Å²) in [6.07, 6.45) is 16.6. The van der Waals surface area contributed by atoms with Crippen LogP contribution < -0.4 is 0 Å². The normalized spacial score (nSPS) is 11.8. The molecule has 0 aliphatic rings. The van der Waals surface area contributed by atoms with Crippen molar-refractivity contribution in [2.75, 3.05) is 0 Å². The van der Waals surface area contributed by atoms with E-state index in [1.165, 1.54) is 38.5 Å². The highest BCUT2D eigenvalue weighted by Crippen LogP contribution is 2.02. The van der Waals surface area contributed by atoms with Gasteiger partial charge in [-0.2, -0.15) is 0 Å². The van der Waals surface area contributed by atoms with Crippen LogP contribution in [0.5, 0.6) is 0 Å². The molecule has 12 heavy (non-hydrogen) atoms. The van der Waals surface area contributed by atoms with Gasteiger partial charge in [0.25, 0.3) is 0 Å². The van der Waals surface area contributed by atoms with Crippen molar-refractivity contribution >= 4 is 0 Å². The summed E-state index contributed by atoms with van der Waals surface area (Å²) in [5.41, 5.74) is 0. The van der Waals surface area contributed by atoms with Crippen molar-refractivity contribution < 1.29 is 0 Å². The summed E-state index contributed by atoms with van der Waals surface area (Å²) in [5, 5.41) is 0. The Labute approximate surface area is 77.4 Å². The Bertz CT molecular complexity index is 104. The minimum Gasteiger partial charge on any atom is -0.0888 e. The van der Waals surface area contributed by atoms with Crippen molar-refractivity contribution in [3.63, 3.8) is 0 Å². The molecule has 0 unspecified atom stereocenters. The van der Waals surface area contributed by atoms with Gasteiger partial charge in [-0.05, 0) is 38.5 Å². The quantitative estimate of drug-likeness (QED) is 0.386. The van der Waals surface area contributed by atoms with Crippen LogP contribution in [0.2, 0.25) is 0 Å². The maximum atomic E-state index is 2.30. The van der Waals surface area contributed by atoms with Gasteiger partial charge in [0, 0.05) is 0 Å². The Balaban J connectivity index is 3.00. The highest BCUT2D eigenvalue weighted by Gasteiger charge is 1.82. The second kappa shape index (κ2) is 10.5. The molecule has 0 aliphatic heterocycles. The molecule has 0 rings (SSSR count). The summed E-state index contributed by atoms with van der Waals surface area (Å²) in [7, 11) is 0. The first kappa shape index (κ1) is 11.5. The predicted molar refractivity (Wildman–Crippen MR) is 57.3 cm³/mol. The summed E-state index contributed by atoms with van der Waals surface area (Å²) < 4.78 is 0. The zero-order valence-corrected chi connectivity index (χ0v) is 8.55. The largest absolute Gasteiger partial charge is 0.0888 e. The van der Waals surface area contributed by atoms with E-state index in [4.69, 9.17) is 0 Å². The predicted octanol–water partition coefficient (Wildman–Crippen LogP) is 4.48. The van der Waals surface area contributed by atoms with Gasteiger partial charge in [-0.25, -0.2) is 0 Å². The first-order chi connectivity index (χ1) is 5.91. The summed E-state index contributed by atoms with van der Waals surface area (Å²) in [6, 6.07) is 0. The summed E-state index contributed by atoms with van der Waals surface area (Å²) >= 11 is 0. The summed E-state index contributed by atoms with van der Waals surface area (Å²) in [6.45, 7) is 4.36. The van der Waals surface area contributed by atoms with Gasteiger partial charge < -0.3 is 0 Å². The van der Waals surface area contributed by atoms with Crippen LogP contribution in [0.4, 0.5) is 0 Å². The average Bonchev–Trinajstić information content (AvgIpc) is 2.10. The highest BCUT2D eigenvalue weighted by atomic mass is 13.9. The minimum absolute atomic E-state index is 1.18. The van der Waals surface area contributed by atoms with E-state index < -0.39 is 0 Å². The van der Waals surface area contributed by atoms with Crippen LogP contribution in [-0.4, -0.2) is 0 Å². The lowest BCUT2D eigenvalue weighted by Crippen LogP contribution is -1.72. The van der Waals surface area contributed by atoms with Crippen LogP contribution >= 0.6 is 0 Å². The molecule has 0 aromatic carbocycles. The van der Waals surface area contributed by atoms with E-state index in [0.29, 0.717) is 0 Å². The molecule has 0 aromatic rings. The fraction of sp³-hybridized carbons (Fsp3) is 0.667. The van der Waals surface area contributed by atoms with Gasteiger partial charge in [-0.1, -0.05) is 38.2 Å². The molecule has 0 saturated carbocycles. The molecule has 0 amide bonds. The van der Waals surface area contributed by atoms with Gasteiger partial charge in [0.2, 0.25) is 0 Å². The Morgan fingerprint density at radius 2 is 1.08 bits per heavy atom. The number of unbranched alkanes of at least 4 members (excludes halogenated alkanes) is 3. The van der Waals surface area contributed by atoms with E-state index in [2.05, 4.69) is 38.2 Å². The van der Waals surface area contributed by atoms with Crippen molar-refractivity contribution in [1.29, 1.82) is 0 Å². The van der Waals surface area contributed by atoms with Crippen molar-refractivity contribution in [3.05, 3.63) is 24.3 Å². The molecule has 0 aliphatic carbocycles. The van der Waals surface area contributed by atoms with Crippen LogP contribution in [0, 0.1) is 0 Å². The van der Waals surface area contributed by atoms with E-state index in [9.17, 15) is 0 Å². The van der Waals surface area contributed by atoms with Gasteiger partial charge in [-0.15, -0.1) is 0 Å². The molecule has 0 spiro atoms. The Kier molecular flexibility index (Phi) is 10.0. The molecular weight excluding hydrogens is 144 g/mol. The summed E-state index contributed by atoms with van der Waals surface area (Å²) in [5.74, 6) is 0. The molecule has 0 radical (unpaired) electrons. The molecule has 0 nitrogen and oxygen atoms in total.